The van der Waals surface area contributed by atoms with Gasteiger partial charge >= 0.3 is 5.97 Å². The number of nitro groups is 1. The number of carbonyl (C=O) groups excluding carboxylic acids is 2. The predicted molar refractivity (Wildman–Crippen MR) is 93.5 cm³/mol. The Morgan fingerprint density at radius 1 is 1.12 bits per heavy atom. The molecule has 1 amide bonds. The molecule has 0 saturated carbocycles. The number of methoxy groups -OCH3 is 2. The molecule has 0 atom stereocenters. The molecule has 0 aromatic heterocycles. The zero-order valence-corrected chi connectivity index (χ0v) is 14.1. The van der Waals surface area contributed by atoms with Crippen LogP contribution in [-0.2, 0) is 9.53 Å². The summed E-state index contributed by atoms with van der Waals surface area (Å²) in [5.41, 5.74) is 0.284. The van der Waals surface area contributed by atoms with Gasteiger partial charge in [-0.3, -0.25) is 14.9 Å². The average molecular weight is 356 g/mol. The molecule has 8 nitrogen and oxygen atoms in total. The Balaban J connectivity index is 2.36. The van der Waals surface area contributed by atoms with Crippen molar-refractivity contribution >= 4 is 23.6 Å². The largest absolute Gasteiger partial charge is 0.496 e. The molecule has 0 saturated heterocycles. The lowest BCUT2D eigenvalue weighted by Crippen LogP contribution is -2.28. The van der Waals surface area contributed by atoms with Crippen LogP contribution in [0.4, 0.5) is 5.69 Å². The maximum absolute atomic E-state index is 12.5. The van der Waals surface area contributed by atoms with Crippen molar-refractivity contribution in [2.45, 2.75) is 0 Å². The minimum absolute atomic E-state index is 0.140. The third-order valence-electron chi connectivity index (χ3n) is 3.40. The number of esters is 1. The molecule has 0 fully saturated rings. The minimum atomic E-state index is -0.792. The highest BCUT2D eigenvalue weighted by Crippen LogP contribution is 2.19. The fourth-order valence-corrected chi connectivity index (χ4v) is 2.17. The van der Waals surface area contributed by atoms with E-state index in [-0.39, 0.29) is 16.9 Å². The molecule has 0 radical (unpaired) electrons. The summed E-state index contributed by atoms with van der Waals surface area (Å²) in [6.07, 6.45) is 1.30. The summed E-state index contributed by atoms with van der Waals surface area (Å²) in [6, 6.07) is 12.1. The molecular formula is C18H16N2O6. The van der Waals surface area contributed by atoms with Crippen molar-refractivity contribution in [3.8, 4) is 5.75 Å². The van der Waals surface area contributed by atoms with Crippen molar-refractivity contribution < 1.29 is 24.0 Å². The highest BCUT2D eigenvalue weighted by molar-refractivity contribution is 6.04. The smallest absolute Gasteiger partial charge is 0.354 e. The van der Waals surface area contributed by atoms with Crippen LogP contribution in [0.1, 0.15) is 15.9 Å². The number of non-ortho nitro benzene ring substituents is 1. The molecule has 0 spiro atoms. The highest BCUT2D eigenvalue weighted by atomic mass is 16.6. The van der Waals surface area contributed by atoms with Crippen LogP contribution in [0, 0.1) is 10.1 Å². The van der Waals surface area contributed by atoms with Crippen LogP contribution < -0.4 is 10.1 Å². The van der Waals surface area contributed by atoms with Gasteiger partial charge in [0.05, 0.1) is 24.7 Å². The summed E-state index contributed by atoms with van der Waals surface area (Å²) < 4.78 is 9.79. The van der Waals surface area contributed by atoms with E-state index in [1.165, 1.54) is 44.6 Å². The summed E-state index contributed by atoms with van der Waals surface area (Å²) >= 11 is 0. The molecule has 26 heavy (non-hydrogen) atoms. The van der Waals surface area contributed by atoms with E-state index in [0.29, 0.717) is 11.3 Å². The Morgan fingerprint density at radius 3 is 2.50 bits per heavy atom. The number of nitrogens with one attached hydrogen (secondary N) is 1. The Bertz CT molecular complexity index is 875. The van der Waals surface area contributed by atoms with Gasteiger partial charge < -0.3 is 14.8 Å². The highest BCUT2D eigenvalue weighted by Gasteiger charge is 2.18. The van der Waals surface area contributed by atoms with Gasteiger partial charge in [0.15, 0.2) is 0 Å². The van der Waals surface area contributed by atoms with Gasteiger partial charge in [0.1, 0.15) is 11.4 Å². The number of carbonyl (C=O) groups is 2. The molecule has 0 heterocycles. The number of hydrogen-bond donors (Lipinski definition) is 1. The second kappa shape index (κ2) is 8.43. The summed E-state index contributed by atoms with van der Waals surface area (Å²) in [7, 11) is 2.59. The lowest BCUT2D eigenvalue weighted by atomic mass is 10.1. The first-order chi connectivity index (χ1) is 12.5. The number of para-hydroxylation sites is 1. The van der Waals surface area contributed by atoms with Crippen molar-refractivity contribution in [1.29, 1.82) is 0 Å². The van der Waals surface area contributed by atoms with Crippen LogP contribution in [0.3, 0.4) is 0 Å². The minimum Gasteiger partial charge on any atom is -0.496 e. The first kappa shape index (κ1) is 18.7. The molecule has 0 aliphatic carbocycles. The van der Waals surface area contributed by atoms with Crippen molar-refractivity contribution in [3.05, 3.63) is 75.5 Å². The summed E-state index contributed by atoms with van der Waals surface area (Å²) in [5, 5.41) is 13.3. The zero-order valence-electron chi connectivity index (χ0n) is 14.1. The van der Waals surface area contributed by atoms with Crippen molar-refractivity contribution in [2.75, 3.05) is 14.2 Å². The van der Waals surface area contributed by atoms with Gasteiger partial charge in [-0.15, -0.1) is 0 Å². The standard InChI is InChI=1S/C18H16N2O6/c1-25-16-9-4-3-8-14(16)17(21)19-15(18(22)26-2)11-12-6-5-7-13(10-12)20(23)24/h3-11H,1-2H3,(H,19,21)/b15-11-. The molecule has 0 aliphatic heterocycles. The third kappa shape index (κ3) is 4.44. The summed E-state index contributed by atoms with van der Waals surface area (Å²) in [5.74, 6) is -1.03. The SMILES string of the molecule is COC(=O)/C(=C/c1cccc([N+](=O)[O-])c1)NC(=O)c1ccccc1OC. The Morgan fingerprint density at radius 2 is 1.85 bits per heavy atom. The topological polar surface area (TPSA) is 108 Å². The number of benzene rings is 2. The van der Waals surface area contributed by atoms with Crippen molar-refractivity contribution in [1.82, 2.24) is 5.32 Å². The first-order valence-electron chi connectivity index (χ1n) is 7.45. The number of rotatable bonds is 6. The summed E-state index contributed by atoms with van der Waals surface area (Å²) in [4.78, 5) is 34.8. The quantitative estimate of drug-likeness (QED) is 0.369. The third-order valence-corrected chi connectivity index (χ3v) is 3.40. The second-order valence-electron chi connectivity index (χ2n) is 5.06. The van der Waals surface area contributed by atoms with E-state index in [2.05, 4.69) is 10.1 Å². The van der Waals surface area contributed by atoms with Gasteiger partial charge in [-0.25, -0.2) is 4.79 Å². The van der Waals surface area contributed by atoms with Crippen LogP contribution in [0.2, 0.25) is 0 Å². The lowest BCUT2D eigenvalue weighted by molar-refractivity contribution is -0.384. The molecule has 0 aliphatic rings. The van der Waals surface area contributed by atoms with E-state index in [4.69, 9.17) is 4.74 Å². The molecule has 2 aromatic carbocycles. The maximum Gasteiger partial charge on any atom is 0.354 e. The number of amides is 1. The fraction of sp³-hybridized carbons (Fsp3) is 0.111. The van der Waals surface area contributed by atoms with Crippen molar-refractivity contribution in [3.63, 3.8) is 0 Å². The number of nitrogens with zero attached hydrogens (tertiary/aromatic N) is 1. The number of nitro benzene ring substituents is 1. The van der Waals surface area contributed by atoms with Crippen LogP contribution in [-0.4, -0.2) is 31.0 Å². The van der Waals surface area contributed by atoms with Crippen LogP contribution in [0.15, 0.2) is 54.2 Å². The van der Waals surface area contributed by atoms with Crippen LogP contribution >= 0.6 is 0 Å². The summed E-state index contributed by atoms with van der Waals surface area (Å²) in [6.45, 7) is 0. The van der Waals surface area contributed by atoms with Gasteiger partial charge in [-0.05, 0) is 23.8 Å². The average Bonchev–Trinajstić information content (AvgIpc) is 2.66. The predicted octanol–water partition coefficient (Wildman–Crippen LogP) is 2.55. The Hall–Kier alpha value is -3.68. The zero-order chi connectivity index (χ0) is 19.1. The molecule has 0 bridgehead atoms. The van der Waals surface area contributed by atoms with E-state index in [1.807, 2.05) is 0 Å². The maximum atomic E-state index is 12.5. The molecule has 8 heteroatoms. The number of ether oxygens (including phenoxy) is 2. The van der Waals surface area contributed by atoms with Crippen LogP contribution in [0.5, 0.6) is 5.75 Å². The molecular weight excluding hydrogens is 340 g/mol. The van der Waals surface area contributed by atoms with Crippen LogP contribution in [0.25, 0.3) is 6.08 Å². The normalized spacial score (nSPS) is 10.8. The molecule has 2 aromatic rings. The Labute approximate surface area is 149 Å². The van der Waals surface area contributed by atoms with E-state index >= 15 is 0 Å². The van der Waals surface area contributed by atoms with E-state index in [0.717, 1.165) is 0 Å². The van der Waals surface area contributed by atoms with Gasteiger partial charge in [0.25, 0.3) is 11.6 Å². The van der Waals surface area contributed by atoms with Crippen molar-refractivity contribution in [2.24, 2.45) is 0 Å². The van der Waals surface area contributed by atoms with E-state index in [9.17, 15) is 19.7 Å². The van der Waals surface area contributed by atoms with Gasteiger partial charge in [0.2, 0.25) is 0 Å². The second-order valence-corrected chi connectivity index (χ2v) is 5.06. The van der Waals surface area contributed by atoms with Gasteiger partial charge in [-0.2, -0.15) is 0 Å². The monoisotopic (exact) mass is 356 g/mol. The molecule has 0 unspecified atom stereocenters. The van der Waals surface area contributed by atoms with E-state index < -0.39 is 16.8 Å². The van der Waals surface area contributed by atoms with Gasteiger partial charge in [-0.1, -0.05) is 24.3 Å². The Kier molecular flexibility index (Phi) is 6.05. The van der Waals surface area contributed by atoms with E-state index in [1.54, 1.807) is 24.3 Å². The van der Waals surface area contributed by atoms with Gasteiger partial charge in [0, 0.05) is 12.1 Å². The molecule has 134 valence electrons. The lowest BCUT2D eigenvalue weighted by Gasteiger charge is -2.11. The fourth-order valence-electron chi connectivity index (χ4n) is 2.17. The number of hydrogen-bond acceptors (Lipinski definition) is 6. The first-order valence-corrected chi connectivity index (χ1v) is 7.45. The molecule has 2 rings (SSSR count). The molecule has 1 N–H and O–H groups in total.